The van der Waals surface area contributed by atoms with Crippen molar-refractivity contribution in [3.63, 3.8) is 0 Å². The van der Waals surface area contributed by atoms with Crippen LogP contribution >= 0.6 is 11.3 Å². The molecule has 2 aromatic rings. The highest BCUT2D eigenvalue weighted by atomic mass is 32.1. The Labute approximate surface area is 99.1 Å². The van der Waals surface area contributed by atoms with E-state index in [0.29, 0.717) is 6.04 Å². The van der Waals surface area contributed by atoms with E-state index in [-0.39, 0.29) is 0 Å². The van der Waals surface area contributed by atoms with E-state index in [2.05, 4.69) is 44.2 Å². The lowest BCUT2D eigenvalue weighted by Crippen LogP contribution is -2.31. The van der Waals surface area contributed by atoms with E-state index in [1.165, 1.54) is 18.4 Å². The summed E-state index contributed by atoms with van der Waals surface area (Å²) in [5.41, 5.74) is 2.32. The molecule has 0 unspecified atom stereocenters. The third kappa shape index (κ3) is 1.90. The Morgan fingerprint density at radius 2 is 2.44 bits per heavy atom. The fraction of sp³-hybridized carbons (Fsp3) is 0.417. The summed E-state index contributed by atoms with van der Waals surface area (Å²) in [6.45, 7) is 2.19. The van der Waals surface area contributed by atoms with Crippen LogP contribution in [0, 0.1) is 0 Å². The van der Waals surface area contributed by atoms with E-state index < -0.39 is 0 Å². The van der Waals surface area contributed by atoms with Gasteiger partial charge in [-0.15, -0.1) is 0 Å². The number of thiophene rings is 1. The molecule has 1 saturated heterocycles. The zero-order valence-electron chi connectivity index (χ0n) is 9.10. The molecule has 0 radical (unpaired) electrons. The molecule has 1 aliphatic heterocycles. The summed E-state index contributed by atoms with van der Waals surface area (Å²) >= 11 is 1.72. The fourth-order valence-corrected chi connectivity index (χ4v) is 2.81. The van der Waals surface area contributed by atoms with Crippen LogP contribution in [-0.2, 0) is 0 Å². The second-order valence-electron chi connectivity index (χ2n) is 4.19. The second kappa shape index (κ2) is 4.39. The van der Waals surface area contributed by atoms with Gasteiger partial charge in [0.1, 0.15) is 0 Å². The standard InChI is InChI=1S/C12H15N3S/c1-2-11(8-13-5-1)15-6-3-12(14-15)10-4-7-16-9-10/h3-4,6-7,9,11,13H,1-2,5,8H2/t11-/m0/s1. The van der Waals surface area contributed by atoms with Crippen LogP contribution in [0.25, 0.3) is 11.3 Å². The van der Waals surface area contributed by atoms with Crippen LogP contribution < -0.4 is 5.32 Å². The fourth-order valence-electron chi connectivity index (χ4n) is 2.16. The smallest absolute Gasteiger partial charge is 0.0931 e. The lowest BCUT2D eigenvalue weighted by atomic mass is 10.1. The van der Waals surface area contributed by atoms with Gasteiger partial charge >= 0.3 is 0 Å². The molecule has 3 nitrogen and oxygen atoms in total. The minimum Gasteiger partial charge on any atom is -0.315 e. The average molecular weight is 233 g/mol. The molecule has 1 fully saturated rings. The van der Waals surface area contributed by atoms with Crippen molar-refractivity contribution in [2.75, 3.05) is 13.1 Å². The van der Waals surface area contributed by atoms with Crippen LogP contribution in [-0.4, -0.2) is 22.9 Å². The van der Waals surface area contributed by atoms with Crippen LogP contribution in [0.2, 0.25) is 0 Å². The van der Waals surface area contributed by atoms with Crippen LogP contribution in [0.1, 0.15) is 18.9 Å². The minimum atomic E-state index is 0.529. The molecule has 0 aromatic carbocycles. The summed E-state index contributed by atoms with van der Waals surface area (Å²) in [6.07, 6.45) is 4.58. The molecule has 0 aliphatic carbocycles. The lowest BCUT2D eigenvalue weighted by Gasteiger charge is -2.22. The molecule has 1 atom stereocenters. The van der Waals surface area contributed by atoms with Gasteiger partial charge in [-0.25, -0.2) is 0 Å². The highest BCUT2D eigenvalue weighted by Gasteiger charge is 2.15. The molecule has 0 amide bonds. The zero-order valence-corrected chi connectivity index (χ0v) is 9.91. The first-order valence-corrected chi connectivity index (χ1v) is 6.66. The molecule has 0 spiro atoms. The Hall–Kier alpha value is -1.13. The number of piperidine rings is 1. The highest BCUT2D eigenvalue weighted by Crippen LogP contribution is 2.22. The Kier molecular flexibility index (Phi) is 2.76. The Balaban J connectivity index is 1.82. The minimum absolute atomic E-state index is 0.529. The first-order valence-electron chi connectivity index (χ1n) is 5.72. The third-order valence-electron chi connectivity index (χ3n) is 3.07. The van der Waals surface area contributed by atoms with E-state index in [1.807, 2.05) is 0 Å². The molecule has 3 rings (SSSR count). The topological polar surface area (TPSA) is 29.9 Å². The van der Waals surface area contributed by atoms with Crippen molar-refractivity contribution < 1.29 is 0 Å². The Bertz CT molecular complexity index is 441. The Morgan fingerprint density at radius 3 is 3.19 bits per heavy atom. The van der Waals surface area contributed by atoms with Gasteiger partial charge in [0, 0.05) is 23.7 Å². The maximum absolute atomic E-state index is 4.66. The number of aromatic nitrogens is 2. The van der Waals surface area contributed by atoms with Crippen molar-refractivity contribution >= 4 is 11.3 Å². The second-order valence-corrected chi connectivity index (χ2v) is 4.97. The van der Waals surface area contributed by atoms with Crippen LogP contribution in [0.15, 0.2) is 29.1 Å². The molecule has 3 heterocycles. The SMILES string of the molecule is c1cc(-c2ccn([C@H]3CCCNC3)n2)cs1. The van der Waals surface area contributed by atoms with Gasteiger partial charge < -0.3 is 5.32 Å². The number of nitrogens with zero attached hydrogens (tertiary/aromatic N) is 2. The molecule has 0 bridgehead atoms. The number of hydrogen-bond acceptors (Lipinski definition) is 3. The number of nitrogens with one attached hydrogen (secondary N) is 1. The summed E-state index contributed by atoms with van der Waals surface area (Å²) in [6, 6.07) is 4.76. The molecule has 1 N–H and O–H groups in total. The molecule has 4 heteroatoms. The lowest BCUT2D eigenvalue weighted by molar-refractivity contribution is 0.347. The normalized spacial score (nSPS) is 21.1. The van der Waals surface area contributed by atoms with Crippen molar-refractivity contribution in [2.45, 2.75) is 18.9 Å². The molecule has 16 heavy (non-hydrogen) atoms. The van der Waals surface area contributed by atoms with Gasteiger partial charge in [0.05, 0.1) is 11.7 Å². The first-order chi connectivity index (χ1) is 7.93. The maximum Gasteiger partial charge on any atom is 0.0931 e. The van der Waals surface area contributed by atoms with E-state index in [0.717, 1.165) is 18.8 Å². The summed E-state index contributed by atoms with van der Waals surface area (Å²) in [5, 5.41) is 12.3. The predicted molar refractivity (Wildman–Crippen MR) is 66.7 cm³/mol. The number of hydrogen-bond donors (Lipinski definition) is 1. The molecule has 1 aliphatic rings. The predicted octanol–water partition coefficient (Wildman–Crippen LogP) is 2.54. The van der Waals surface area contributed by atoms with E-state index in [4.69, 9.17) is 0 Å². The van der Waals surface area contributed by atoms with Gasteiger partial charge in [-0.2, -0.15) is 16.4 Å². The van der Waals surface area contributed by atoms with E-state index >= 15 is 0 Å². The summed E-state index contributed by atoms with van der Waals surface area (Å²) in [5.74, 6) is 0. The first kappa shape index (κ1) is 10.1. The van der Waals surface area contributed by atoms with Gasteiger partial charge in [0.15, 0.2) is 0 Å². The van der Waals surface area contributed by atoms with E-state index in [1.54, 1.807) is 11.3 Å². The van der Waals surface area contributed by atoms with Gasteiger partial charge in [-0.3, -0.25) is 4.68 Å². The molecular formula is C12H15N3S. The van der Waals surface area contributed by atoms with Gasteiger partial charge in [-0.1, -0.05) is 0 Å². The monoisotopic (exact) mass is 233 g/mol. The number of rotatable bonds is 2. The highest BCUT2D eigenvalue weighted by molar-refractivity contribution is 7.08. The van der Waals surface area contributed by atoms with Crippen molar-refractivity contribution in [1.82, 2.24) is 15.1 Å². The molecule has 84 valence electrons. The van der Waals surface area contributed by atoms with Crippen molar-refractivity contribution in [2.24, 2.45) is 0 Å². The van der Waals surface area contributed by atoms with Gasteiger partial charge in [0.25, 0.3) is 0 Å². The maximum atomic E-state index is 4.66. The summed E-state index contributed by atoms with van der Waals surface area (Å²) in [4.78, 5) is 0. The zero-order chi connectivity index (χ0) is 10.8. The quantitative estimate of drug-likeness (QED) is 0.864. The van der Waals surface area contributed by atoms with Gasteiger partial charge in [-0.05, 0) is 36.9 Å². The van der Waals surface area contributed by atoms with Crippen LogP contribution in [0.3, 0.4) is 0 Å². The molecule has 0 saturated carbocycles. The summed E-state index contributed by atoms with van der Waals surface area (Å²) < 4.78 is 2.11. The van der Waals surface area contributed by atoms with Crippen molar-refractivity contribution in [3.05, 3.63) is 29.1 Å². The van der Waals surface area contributed by atoms with Crippen molar-refractivity contribution in [3.8, 4) is 11.3 Å². The largest absolute Gasteiger partial charge is 0.315 e. The average Bonchev–Trinajstić information content (AvgIpc) is 3.01. The van der Waals surface area contributed by atoms with E-state index in [9.17, 15) is 0 Å². The molecule has 2 aromatic heterocycles. The van der Waals surface area contributed by atoms with Crippen LogP contribution in [0.4, 0.5) is 0 Å². The van der Waals surface area contributed by atoms with Gasteiger partial charge in [0.2, 0.25) is 0 Å². The summed E-state index contributed by atoms with van der Waals surface area (Å²) in [7, 11) is 0. The Morgan fingerprint density at radius 1 is 1.44 bits per heavy atom. The van der Waals surface area contributed by atoms with Crippen molar-refractivity contribution in [1.29, 1.82) is 0 Å². The molecular weight excluding hydrogens is 218 g/mol. The third-order valence-corrected chi connectivity index (χ3v) is 3.75. The van der Waals surface area contributed by atoms with Crippen LogP contribution in [0.5, 0.6) is 0 Å².